The second kappa shape index (κ2) is 7.68. The van der Waals surface area contributed by atoms with Crippen molar-refractivity contribution in [3.05, 3.63) is 23.3 Å². The van der Waals surface area contributed by atoms with Crippen LogP contribution in [-0.4, -0.2) is 0 Å². The molecule has 0 saturated carbocycles. The summed E-state index contributed by atoms with van der Waals surface area (Å²) in [4.78, 5) is 0. The molecule has 0 amide bonds. The molecule has 0 aromatic rings. The SMILES string of the molecule is CC#C/C(C)=C(\CC)CC/C=C\C. The maximum atomic E-state index is 3.13. The molecule has 0 spiro atoms. The molecular weight excluding hydrogens is 156 g/mol. The summed E-state index contributed by atoms with van der Waals surface area (Å²) in [5.74, 6) is 6.08. The fourth-order valence-electron chi connectivity index (χ4n) is 1.33. The third kappa shape index (κ3) is 5.31. The van der Waals surface area contributed by atoms with E-state index in [1.807, 2.05) is 6.92 Å². The van der Waals surface area contributed by atoms with Crippen molar-refractivity contribution < 1.29 is 0 Å². The molecule has 0 nitrogen and oxygen atoms in total. The standard InChI is InChI=1S/C13H20/c1-5-8-9-11-13(7-3)12(4)10-6-2/h5,8H,7,9,11H2,1-4H3/b8-5-,13-12+. The largest absolute Gasteiger partial charge is 0.102 e. The molecule has 0 heterocycles. The third-order valence-corrected chi connectivity index (χ3v) is 2.12. The molecule has 0 aliphatic rings. The highest BCUT2D eigenvalue weighted by Gasteiger charge is 1.96. The molecule has 0 aromatic carbocycles. The first-order valence-electron chi connectivity index (χ1n) is 4.98. The van der Waals surface area contributed by atoms with Crippen LogP contribution in [0.1, 0.15) is 47.0 Å². The predicted octanol–water partition coefficient (Wildman–Crippen LogP) is 4.09. The van der Waals surface area contributed by atoms with Crippen LogP contribution in [0.2, 0.25) is 0 Å². The molecular formula is C13H20. The Morgan fingerprint density at radius 3 is 2.54 bits per heavy atom. The maximum absolute atomic E-state index is 3.13. The summed E-state index contributed by atoms with van der Waals surface area (Å²) in [5.41, 5.74) is 2.75. The fraction of sp³-hybridized carbons (Fsp3) is 0.538. The molecule has 0 aliphatic heterocycles. The Morgan fingerprint density at radius 2 is 2.08 bits per heavy atom. The summed E-state index contributed by atoms with van der Waals surface area (Å²) in [5, 5.41) is 0. The van der Waals surface area contributed by atoms with Crippen LogP contribution in [-0.2, 0) is 0 Å². The van der Waals surface area contributed by atoms with E-state index in [-0.39, 0.29) is 0 Å². The Labute approximate surface area is 82.7 Å². The first kappa shape index (κ1) is 12.0. The van der Waals surface area contributed by atoms with Gasteiger partial charge in [-0.3, -0.25) is 0 Å². The minimum Gasteiger partial charge on any atom is -0.102 e. The highest BCUT2D eigenvalue weighted by Crippen LogP contribution is 2.14. The topological polar surface area (TPSA) is 0 Å². The Kier molecular flexibility index (Phi) is 7.11. The molecule has 0 fully saturated rings. The van der Waals surface area contributed by atoms with Gasteiger partial charge >= 0.3 is 0 Å². The summed E-state index contributed by atoms with van der Waals surface area (Å²) in [6.45, 7) is 8.27. The Bertz CT molecular complexity index is 243. The Balaban J connectivity index is 4.28. The van der Waals surface area contributed by atoms with Gasteiger partial charge in [0.25, 0.3) is 0 Å². The summed E-state index contributed by atoms with van der Waals surface area (Å²) < 4.78 is 0. The summed E-state index contributed by atoms with van der Waals surface area (Å²) in [7, 11) is 0. The van der Waals surface area contributed by atoms with Crippen molar-refractivity contribution in [3.63, 3.8) is 0 Å². The molecule has 0 unspecified atom stereocenters. The van der Waals surface area contributed by atoms with Crippen molar-refractivity contribution >= 4 is 0 Å². The van der Waals surface area contributed by atoms with Crippen LogP contribution >= 0.6 is 0 Å². The highest BCUT2D eigenvalue weighted by molar-refractivity contribution is 5.31. The lowest BCUT2D eigenvalue weighted by Crippen LogP contribution is -1.85. The van der Waals surface area contributed by atoms with Gasteiger partial charge in [-0.25, -0.2) is 0 Å². The average molecular weight is 176 g/mol. The molecule has 72 valence electrons. The average Bonchev–Trinajstić information content (AvgIpc) is 2.13. The molecule has 0 aliphatic carbocycles. The second-order valence-electron chi connectivity index (χ2n) is 3.06. The normalized spacial score (nSPS) is 12.3. The molecule has 0 rings (SSSR count). The van der Waals surface area contributed by atoms with E-state index in [2.05, 4.69) is 44.8 Å². The van der Waals surface area contributed by atoms with E-state index in [0.717, 1.165) is 19.3 Å². The molecule has 0 N–H and O–H groups in total. The monoisotopic (exact) mass is 176 g/mol. The number of rotatable bonds is 4. The van der Waals surface area contributed by atoms with Gasteiger partial charge in [0.05, 0.1) is 0 Å². The first-order chi connectivity index (χ1) is 6.26. The number of hydrogen-bond donors (Lipinski definition) is 0. The number of allylic oxidation sites excluding steroid dienone is 4. The van der Waals surface area contributed by atoms with Gasteiger partial charge in [0.15, 0.2) is 0 Å². The molecule has 0 saturated heterocycles. The van der Waals surface area contributed by atoms with Crippen LogP contribution in [0.3, 0.4) is 0 Å². The van der Waals surface area contributed by atoms with Crippen LogP contribution in [0.5, 0.6) is 0 Å². The van der Waals surface area contributed by atoms with Gasteiger partial charge in [-0.05, 0) is 45.6 Å². The highest BCUT2D eigenvalue weighted by atomic mass is 14.0. The van der Waals surface area contributed by atoms with E-state index < -0.39 is 0 Å². The van der Waals surface area contributed by atoms with Gasteiger partial charge in [0.1, 0.15) is 0 Å². The van der Waals surface area contributed by atoms with E-state index in [1.165, 1.54) is 11.1 Å². The van der Waals surface area contributed by atoms with Crippen molar-refractivity contribution in [3.8, 4) is 11.8 Å². The van der Waals surface area contributed by atoms with Crippen LogP contribution in [0.25, 0.3) is 0 Å². The van der Waals surface area contributed by atoms with E-state index in [4.69, 9.17) is 0 Å². The maximum Gasteiger partial charge on any atom is -0.00189 e. The summed E-state index contributed by atoms with van der Waals surface area (Å²) in [6.07, 6.45) is 7.73. The molecule has 0 aromatic heterocycles. The Morgan fingerprint density at radius 1 is 1.38 bits per heavy atom. The van der Waals surface area contributed by atoms with Gasteiger partial charge in [-0.1, -0.05) is 30.6 Å². The molecule has 0 bridgehead atoms. The Hall–Kier alpha value is -0.960. The minimum absolute atomic E-state index is 1.12. The zero-order valence-electron chi connectivity index (χ0n) is 9.28. The lowest BCUT2D eigenvalue weighted by molar-refractivity contribution is 0.895. The zero-order chi connectivity index (χ0) is 10.1. The molecule has 0 atom stereocenters. The number of hydrogen-bond acceptors (Lipinski definition) is 0. The van der Waals surface area contributed by atoms with Gasteiger partial charge in [0.2, 0.25) is 0 Å². The van der Waals surface area contributed by atoms with Crippen molar-refractivity contribution in [2.75, 3.05) is 0 Å². The lowest BCUT2D eigenvalue weighted by Gasteiger charge is -2.03. The fourth-order valence-corrected chi connectivity index (χ4v) is 1.33. The van der Waals surface area contributed by atoms with Crippen molar-refractivity contribution in [1.29, 1.82) is 0 Å². The molecule has 0 heteroatoms. The smallest absolute Gasteiger partial charge is 0.00189 e. The van der Waals surface area contributed by atoms with E-state index in [0.29, 0.717) is 0 Å². The van der Waals surface area contributed by atoms with Gasteiger partial charge in [-0.2, -0.15) is 0 Å². The van der Waals surface area contributed by atoms with E-state index in [1.54, 1.807) is 0 Å². The van der Waals surface area contributed by atoms with Crippen LogP contribution < -0.4 is 0 Å². The van der Waals surface area contributed by atoms with E-state index in [9.17, 15) is 0 Å². The van der Waals surface area contributed by atoms with Gasteiger partial charge in [-0.15, -0.1) is 5.92 Å². The van der Waals surface area contributed by atoms with E-state index >= 15 is 0 Å². The van der Waals surface area contributed by atoms with Crippen molar-refractivity contribution in [1.82, 2.24) is 0 Å². The molecule has 13 heavy (non-hydrogen) atoms. The van der Waals surface area contributed by atoms with Gasteiger partial charge < -0.3 is 0 Å². The van der Waals surface area contributed by atoms with Crippen LogP contribution in [0.15, 0.2) is 23.3 Å². The summed E-state index contributed by atoms with van der Waals surface area (Å²) >= 11 is 0. The van der Waals surface area contributed by atoms with Crippen LogP contribution in [0.4, 0.5) is 0 Å². The van der Waals surface area contributed by atoms with Crippen molar-refractivity contribution in [2.45, 2.75) is 47.0 Å². The predicted molar refractivity (Wildman–Crippen MR) is 60.5 cm³/mol. The second-order valence-corrected chi connectivity index (χ2v) is 3.06. The minimum atomic E-state index is 1.12. The first-order valence-corrected chi connectivity index (χ1v) is 4.98. The lowest BCUT2D eigenvalue weighted by atomic mass is 10.0. The van der Waals surface area contributed by atoms with Crippen LogP contribution in [0, 0.1) is 11.8 Å². The zero-order valence-corrected chi connectivity index (χ0v) is 9.28. The third-order valence-electron chi connectivity index (χ3n) is 2.12. The molecule has 0 radical (unpaired) electrons. The summed E-state index contributed by atoms with van der Waals surface area (Å²) in [6, 6.07) is 0. The quantitative estimate of drug-likeness (QED) is 0.447. The van der Waals surface area contributed by atoms with Crippen molar-refractivity contribution in [2.24, 2.45) is 0 Å². The van der Waals surface area contributed by atoms with Gasteiger partial charge in [0, 0.05) is 0 Å².